The van der Waals surface area contributed by atoms with Crippen molar-refractivity contribution in [3.8, 4) is 17.0 Å². The van der Waals surface area contributed by atoms with Gasteiger partial charge in [-0.05, 0) is 42.8 Å². The molecule has 0 aliphatic rings. The average Bonchev–Trinajstić information content (AvgIpc) is 3.26. The van der Waals surface area contributed by atoms with Crippen molar-refractivity contribution in [3.63, 3.8) is 0 Å². The molecular formula is C25H22F3N5O3. The van der Waals surface area contributed by atoms with Crippen LogP contribution in [-0.4, -0.2) is 46.1 Å². The fourth-order valence-corrected chi connectivity index (χ4v) is 3.76. The number of halogens is 3. The van der Waals surface area contributed by atoms with E-state index in [0.717, 1.165) is 0 Å². The number of rotatable bonds is 8. The number of anilines is 1. The number of imidazole rings is 1. The Labute approximate surface area is 203 Å². The smallest absolute Gasteiger partial charge is 0.390 e. The summed E-state index contributed by atoms with van der Waals surface area (Å²) in [5, 5.41) is 7.19. The van der Waals surface area contributed by atoms with Crippen LogP contribution in [0.2, 0.25) is 0 Å². The Hall–Kier alpha value is -4.41. The van der Waals surface area contributed by atoms with E-state index < -0.39 is 30.8 Å². The molecule has 0 saturated heterocycles. The number of aryl methyl sites for hydroxylation is 1. The van der Waals surface area contributed by atoms with Crippen molar-refractivity contribution in [2.24, 2.45) is 5.73 Å². The Morgan fingerprint density at radius 1 is 1.14 bits per heavy atom. The summed E-state index contributed by atoms with van der Waals surface area (Å²) in [6.45, 7) is 1.31. The summed E-state index contributed by atoms with van der Waals surface area (Å²) < 4.78 is 44.8. The molecule has 2 aromatic carbocycles. The van der Waals surface area contributed by atoms with Gasteiger partial charge in [-0.15, -0.1) is 0 Å². The first-order chi connectivity index (χ1) is 17.1. The van der Waals surface area contributed by atoms with Gasteiger partial charge in [0.2, 0.25) is 11.7 Å². The molecule has 0 bridgehead atoms. The molecule has 0 saturated carbocycles. The van der Waals surface area contributed by atoms with Crippen molar-refractivity contribution in [3.05, 3.63) is 77.1 Å². The summed E-state index contributed by atoms with van der Waals surface area (Å²) >= 11 is 0. The number of methoxy groups -OCH3 is 1. The lowest BCUT2D eigenvalue weighted by atomic mass is 10.0. The molecule has 0 spiro atoms. The standard InChI is InChI=1S/C25H22F3N5O3/c1-14-10-15(6-7-18(14)23(29)35)21-13-31-24-20(30-9-8-25(26,27)28)12-19(32-33(21)24)22(34)16-4-3-5-17(11-16)36-2/h3-7,10-13,30H,8-9H2,1-2H3,(H2,29,35). The molecular weight excluding hydrogens is 475 g/mol. The Morgan fingerprint density at radius 2 is 1.92 bits per heavy atom. The zero-order valence-corrected chi connectivity index (χ0v) is 19.4. The number of nitrogens with zero attached hydrogens (tertiary/aromatic N) is 3. The first kappa shape index (κ1) is 24.7. The summed E-state index contributed by atoms with van der Waals surface area (Å²) in [6, 6.07) is 12.8. The molecule has 1 amide bonds. The molecule has 4 rings (SSSR count). The highest BCUT2D eigenvalue weighted by atomic mass is 19.4. The first-order valence-electron chi connectivity index (χ1n) is 10.9. The number of alkyl halides is 3. The van der Waals surface area contributed by atoms with E-state index in [-0.39, 0.29) is 17.0 Å². The molecule has 2 aromatic heterocycles. The number of hydrogen-bond donors (Lipinski definition) is 2. The van der Waals surface area contributed by atoms with E-state index in [1.165, 1.54) is 23.9 Å². The van der Waals surface area contributed by atoms with Crippen LogP contribution in [0.15, 0.2) is 54.7 Å². The summed E-state index contributed by atoms with van der Waals surface area (Å²) in [5.74, 6) is -0.550. The van der Waals surface area contributed by atoms with Gasteiger partial charge in [0, 0.05) is 23.2 Å². The van der Waals surface area contributed by atoms with Crippen LogP contribution in [0.25, 0.3) is 16.9 Å². The van der Waals surface area contributed by atoms with Gasteiger partial charge in [0.1, 0.15) is 11.4 Å². The molecule has 0 atom stereocenters. The van der Waals surface area contributed by atoms with E-state index >= 15 is 0 Å². The van der Waals surface area contributed by atoms with Gasteiger partial charge >= 0.3 is 6.18 Å². The Kier molecular flexibility index (Phi) is 6.65. The van der Waals surface area contributed by atoms with Gasteiger partial charge in [0.25, 0.3) is 0 Å². The minimum absolute atomic E-state index is 0.00464. The molecule has 8 nitrogen and oxygen atoms in total. The zero-order valence-electron chi connectivity index (χ0n) is 19.4. The van der Waals surface area contributed by atoms with Crippen LogP contribution in [0.4, 0.5) is 18.9 Å². The van der Waals surface area contributed by atoms with Crippen LogP contribution in [0.5, 0.6) is 5.75 Å². The lowest BCUT2D eigenvalue weighted by Gasteiger charge is -2.12. The molecule has 0 radical (unpaired) electrons. The summed E-state index contributed by atoms with van der Waals surface area (Å²) in [5.41, 5.74) is 8.23. The second-order valence-corrected chi connectivity index (χ2v) is 8.07. The maximum atomic E-state index is 13.3. The quantitative estimate of drug-likeness (QED) is 0.349. The molecule has 0 aliphatic carbocycles. The van der Waals surface area contributed by atoms with Crippen LogP contribution in [0.3, 0.4) is 0 Å². The van der Waals surface area contributed by atoms with E-state index in [0.29, 0.717) is 33.7 Å². The predicted molar refractivity (Wildman–Crippen MR) is 127 cm³/mol. The highest BCUT2D eigenvalue weighted by Crippen LogP contribution is 2.28. The third-order valence-corrected chi connectivity index (χ3v) is 5.54. The maximum Gasteiger partial charge on any atom is 0.390 e. The summed E-state index contributed by atoms with van der Waals surface area (Å²) in [6.07, 6.45) is -3.92. The van der Waals surface area contributed by atoms with Gasteiger partial charge in [0.15, 0.2) is 5.65 Å². The second kappa shape index (κ2) is 9.68. The lowest BCUT2D eigenvalue weighted by Crippen LogP contribution is -2.16. The van der Waals surface area contributed by atoms with Crippen LogP contribution in [-0.2, 0) is 0 Å². The molecule has 2 heterocycles. The van der Waals surface area contributed by atoms with Crippen molar-refractivity contribution >= 4 is 23.0 Å². The molecule has 186 valence electrons. The SMILES string of the molecule is COc1cccc(C(=O)c2cc(NCCC(F)(F)F)c3ncc(-c4ccc(C(N)=O)c(C)c4)n3n2)c1. The van der Waals surface area contributed by atoms with E-state index in [4.69, 9.17) is 10.5 Å². The normalized spacial score (nSPS) is 11.5. The molecule has 36 heavy (non-hydrogen) atoms. The highest BCUT2D eigenvalue weighted by molar-refractivity contribution is 6.08. The van der Waals surface area contributed by atoms with E-state index in [1.807, 2.05) is 0 Å². The topological polar surface area (TPSA) is 112 Å². The van der Waals surface area contributed by atoms with Gasteiger partial charge < -0.3 is 15.8 Å². The number of aromatic nitrogens is 3. The van der Waals surface area contributed by atoms with Crippen molar-refractivity contribution in [2.45, 2.75) is 19.5 Å². The van der Waals surface area contributed by atoms with Crippen molar-refractivity contribution in [1.82, 2.24) is 14.6 Å². The van der Waals surface area contributed by atoms with Gasteiger partial charge in [-0.3, -0.25) is 9.59 Å². The number of amides is 1. The number of ketones is 1. The van der Waals surface area contributed by atoms with Crippen molar-refractivity contribution in [2.75, 3.05) is 19.0 Å². The number of carbonyl (C=O) groups is 2. The maximum absolute atomic E-state index is 13.3. The number of hydrogen-bond acceptors (Lipinski definition) is 6. The molecule has 3 N–H and O–H groups in total. The molecule has 0 aliphatic heterocycles. The van der Waals surface area contributed by atoms with Gasteiger partial charge in [-0.1, -0.05) is 18.2 Å². The average molecular weight is 497 g/mol. The fraction of sp³-hybridized carbons (Fsp3) is 0.200. The van der Waals surface area contributed by atoms with E-state index in [2.05, 4.69) is 15.4 Å². The molecule has 4 aromatic rings. The largest absolute Gasteiger partial charge is 0.497 e. The van der Waals surface area contributed by atoms with E-state index in [1.54, 1.807) is 49.4 Å². The van der Waals surface area contributed by atoms with Gasteiger partial charge in [-0.25, -0.2) is 9.50 Å². The van der Waals surface area contributed by atoms with Crippen molar-refractivity contribution in [1.29, 1.82) is 0 Å². The monoisotopic (exact) mass is 497 g/mol. The number of fused-ring (bicyclic) bond motifs is 1. The van der Waals surface area contributed by atoms with Crippen LogP contribution in [0, 0.1) is 6.92 Å². The minimum atomic E-state index is -4.35. The van der Waals surface area contributed by atoms with Crippen LogP contribution < -0.4 is 15.8 Å². The predicted octanol–water partition coefficient (Wildman–Crippen LogP) is 4.41. The molecule has 0 fully saturated rings. The Morgan fingerprint density at radius 3 is 2.58 bits per heavy atom. The number of primary amides is 1. The molecule has 11 heteroatoms. The third-order valence-electron chi connectivity index (χ3n) is 5.54. The van der Waals surface area contributed by atoms with Crippen LogP contribution in [0.1, 0.15) is 38.4 Å². The lowest BCUT2D eigenvalue weighted by molar-refractivity contribution is -0.131. The fourth-order valence-electron chi connectivity index (χ4n) is 3.76. The minimum Gasteiger partial charge on any atom is -0.497 e. The van der Waals surface area contributed by atoms with E-state index in [9.17, 15) is 22.8 Å². The summed E-state index contributed by atoms with van der Waals surface area (Å²) in [7, 11) is 1.47. The highest BCUT2D eigenvalue weighted by Gasteiger charge is 2.27. The number of ether oxygens (including phenoxy) is 1. The first-order valence-corrected chi connectivity index (χ1v) is 10.9. The van der Waals surface area contributed by atoms with Crippen molar-refractivity contribution < 1.29 is 27.5 Å². The molecule has 0 unspecified atom stereocenters. The number of nitrogens with one attached hydrogen (secondary N) is 1. The third kappa shape index (κ3) is 5.14. The number of nitrogens with two attached hydrogens (primary N) is 1. The second-order valence-electron chi connectivity index (χ2n) is 8.07. The summed E-state index contributed by atoms with van der Waals surface area (Å²) in [4.78, 5) is 29.2. The Bertz CT molecular complexity index is 1460. The number of carbonyl (C=O) groups excluding carboxylic acids is 2. The number of benzene rings is 2. The van der Waals surface area contributed by atoms with Crippen LogP contribution >= 0.6 is 0 Å². The Balaban J connectivity index is 1.83. The van der Waals surface area contributed by atoms with Gasteiger partial charge in [0.05, 0.1) is 31.1 Å². The van der Waals surface area contributed by atoms with Gasteiger partial charge in [-0.2, -0.15) is 18.3 Å². The zero-order chi connectivity index (χ0) is 26.0.